The number of aliphatic hydroxyl groups excluding tert-OH is 2. The summed E-state index contributed by atoms with van der Waals surface area (Å²) in [5.41, 5.74) is 0.423. The van der Waals surface area contributed by atoms with Crippen LogP contribution in [-0.2, 0) is 7.05 Å². The average molecular weight is 322 g/mol. The normalized spacial score (nSPS) is 27.0. The number of aliphatic hydroxyl groups is 2. The van der Waals surface area contributed by atoms with E-state index in [0.29, 0.717) is 5.69 Å². The molecule has 2 aromatic rings. The standard InChI is InChI=1S/C15H18N2O6/c1-5-9(15(23)17(2)16-5)11-13(21)12(14(11)22)10-7(19)3-6(18)4-8(10)20/h3-4,11-14,16,18-22H,1-2H3. The van der Waals surface area contributed by atoms with Gasteiger partial charge in [0.1, 0.15) is 17.2 Å². The Labute approximate surface area is 130 Å². The highest BCUT2D eigenvalue weighted by Crippen LogP contribution is 2.52. The van der Waals surface area contributed by atoms with Crippen molar-refractivity contribution in [1.29, 1.82) is 0 Å². The Hall–Kier alpha value is -2.45. The van der Waals surface area contributed by atoms with Crippen LogP contribution in [-0.4, -0.2) is 47.5 Å². The summed E-state index contributed by atoms with van der Waals surface area (Å²) in [6.45, 7) is 1.67. The number of aromatic amines is 1. The molecule has 6 N–H and O–H groups in total. The van der Waals surface area contributed by atoms with Crippen molar-refractivity contribution in [2.75, 3.05) is 0 Å². The summed E-state index contributed by atoms with van der Waals surface area (Å²) < 4.78 is 1.26. The molecule has 1 aromatic carbocycles. The lowest BCUT2D eigenvalue weighted by molar-refractivity contribution is -0.0803. The number of phenolic OH excluding ortho intramolecular Hbond substituents is 3. The predicted molar refractivity (Wildman–Crippen MR) is 79.7 cm³/mol. The number of hydrogen-bond acceptors (Lipinski definition) is 6. The average Bonchev–Trinajstić information content (AvgIpc) is 2.69. The first-order valence-corrected chi connectivity index (χ1v) is 7.10. The second-order valence-electron chi connectivity index (χ2n) is 5.95. The van der Waals surface area contributed by atoms with Crippen molar-refractivity contribution in [3.8, 4) is 17.2 Å². The van der Waals surface area contributed by atoms with Crippen molar-refractivity contribution < 1.29 is 25.5 Å². The van der Waals surface area contributed by atoms with Crippen molar-refractivity contribution in [3.63, 3.8) is 0 Å². The van der Waals surface area contributed by atoms with Crippen LogP contribution in [0.25, 0.3) is 0 Å². The zero-order valence-electron chi connectivity index (χ0n) is 12.6. The lowest BCUT2D eigenvalue weighted by Crippen LogP contribution is -2.53. The lowest BCUT2D eigenvalue weighted by atomic mass is 9.63. The molecule has 2 atom stereocenters. The fourth-order valence-corrected chi connectivity index (χ4v) is 3.43. The van der Waals surface area contributed by atoms with Gasteiger partial charge in [-0.15, -0.1) is 0 Å². The molecule has 0 spiro atoms. The van der Waals surface area contributed by atoms with Crippen molar-refractivity contribution >= 4 is 0 Å². The first-order chi connectivity index (χ1) is 10.7. The Morgan fingerprint density at radius 2 is 1.48 bits per heavy atom. The predicted octanol–water partition coefficient (Wildman–Crippen LogP) is -0.259. The molecule has 0 bridgehead atoms. The van der Waals surface area contributed by atoms with Crippen LogP contribution < -0.4 is 5.56 Å². The maximum absolute atomic E-state index is 12.1. The number of nitrogens with one attached hydrogen (secondary N) is 1. The van der Waals surface area contributed by atoms with Gasteiger partial charge in [-0.3, -0.25) is 14.6 Å². The monoisotopic (exact) mass is 322 g/mol. The van der Waals surface area contributed by atoms with Gasteiger partial charge in [0.2, 0.25) is 0 Å². The molecule has 1 aromatic heterocycles. The van der Waals surface area contributed by atoms with E-state index in [0.717, 1.165) is 12.1 Å². The van der Waals surface area contributed by atoms with Crippen LogP contribution in [0.4, 0.5) is 0 Å². The molecular formula is C15H18N2O6. The lowest BCUT2D eigenvalue weighted by Gasteiger charge is -2.46. The molecule has 124 valence electrons. The van der Waals surface area contributed by atoms with Crippen LogP contribution in [0.1, 0.15) is 28.7 Å². The molecule has 1 fully saturated rings. The zero-order valence-corrected chi connectivity index (χ0v) is 12.6. The van der Waals surface area contributed by atoms with Gasteiger partial charge in [0, 0.05) is 47.8 Å². The maximum Gasteiger partial charge on any atom is 0.270 e. The largest absolute Gasteiger partial charge is 0.508 e. The molecule has 1 heterocycles. The van der Waals surface area contributed by atoms with Crippen molar-refractivity contribution in [3.05, 3.63) is 39.3 Å². The molecule has 2 unspecified atom stereocenters. The van der Waals surface area contributed by atoms with Crippen LogP contribution >= 0.6 is 0 Å². The number of aromatic hydroxyl groups is 3. The van der Waals surface area contributed by atoms with Gasteiger partial charge in [0.05, 0.1) is 12.2 Å². The number of rotatable bonds is 2. The number of aromatic nitrogens is 2. The summed E-state index contributed by atoms with van der Waals surface area (Å²) in [6, 6.07) is 2.03. The number of nitrogens with zero attached hydrogens (tertiary/aromatic N) is 1. The Kier molecular flexibility index (Phi) is 3.38. The molecule has 0 aliphatic heterocycles. The summed E-state index contributed by atoms with van der Waals surface area (Å²) in [4.78, 5) is 12.1. The fourth-order valence-electron chi connectivity index (χ4n) is 3.43. The number of hydrogen-bond donors (Lipinski definition) is 6. The highest BCUT2D eigenvalue weighted by molar-refractivity contribution is 5.53. The van der Waals surface area contributed by atoms with Gasteiger partial charge < -0.3 is 25.5 Å². The molecule has 1 saturated carbocycles. The molecule has 0 amide bonds. The Morgan fingerprint density at radius 3 is 1.91 bits per heavy atom. The molecule has 1 aliphatic carbocycles. The third-order valence-electron chi connectivity index (χ3n) is 4.53. The van der Waals surface area contributed by atoms with E-state index in [4.69, 9.17) is 0 Å². The van der Waals surface area contributed by atoms with Gasteiger partial charge in [0.25, 0.3) is 5.56 Å². The number of benzene rings is 1. The van der Waals surface area contributed by atoms with Crippen molar-refractivity contribution in [2.24, 2.45) is 7.05 Å². The minimum atomic E-state index is -1.16. The van der Waals surface area contributed by atoms with Gasteiger partial charge in [-0.2, -0.15) is 0 Å². The Balaban J connectivity index is 2.01. The molecule has 8 nitrogen and oxygen atoms in total. The van der Waals surface area contributed by atoms with Gasteiger partial charge >= 0.3 is 0 Å². The number of phenols is 3. The topological polar surface area (TPSA) is 139 Å². The third-order valence-corrected chi connectivity index (χ3v) is 4.53. The zero-order chi connectivity index (χ0) is 17.0. The molecule has 8 heteroatoms. The molecule has 3 rings (SSSR count). The van der Waals surface area contributed by atoms with Crippen LogP contribution in [0.15, 0.2) is 16.9 Å². The number of aryl methyl sites for hydroxylation is 2. The summed E-state index contributed by atoms with van der Waals surface area (Å²) >= 11 is 0. The van der Waals surface area contributed by atoms with E-state index in [9.17, 15) is 30.3 Å². The Morgan fingerprint density at radius 1 is 1.00 bits per heavy atom. The van der Waals surface area contributed by atoms with E-state index in [1.165, 1.54) is 11.7 Å². The van der Waals surface area contributed by atoms with Gasteiger partial charge in [-0.25, -0.2) is 0 Å². The minimum Gasteiger partial charge on any atom is -0.508 e. The highest BCUT2D eigenvalue weighted by atomic mass is 16.3. The number of H-pyrrole nitrogens is 1. The summed E-state index contributed by atoms with van der Waals surface area (Å²) in [6.07, 6.45) is -2.32. The van der Waals surface area contributed by atoms with Crippen molar-refractivity contribution in [2.45, 2.75) is 31.0 Å². The molecule has 23 heavy (non-hydrogen) atoms. The van der Waals surface area contributed by atoms with Gasteiger partial charge in [-0.05, 0) is 6.92 Å². The summed E-state index contributed by atoms with van der Waals surface area (Å²) in [7, 11) is 1.53. The van der Waals surface area contributed by atoms with E-state index >= 15 is 0 Å². The second kappa shape index (κ2) is 5.04. The van der Waals surface area contributed by atoms with E-state index in [2.05, 4.69) is 5.10 Å². The molecule has 0 radical (unpaired) electrons. The maximum atomic E-state index is 12.1. The third kappa shape index (κ3) is 2.10. The van der Waals surface area contributed by atoms with Gasteiger partial charge in [-0.1, -0.05) is 0 Å². The van der Waals surface area contributed by atoms with Gasteiger partial charge in [0.15, 0.2) is 0 Å². The molecule has 0 saturated heterocycles. The van der Waals surface area contributed by atoms with E-state index in [1.54, 1.807) is 6.92 Å². The molecular weight excluding hydrogens is 304 g/mol. The van der Waals surface area contributed by atoms with E-state index in [-0.39, 0.29) is 22.4 Å². The SMILES string of the molecule is Cc1[nH]n(C)c(=O)c1C1C(O)C(c2c(O)cc(O)cc2O)C1O. The summed E-state index contributed by atoms with van der Waals surface area (Å²) in [5.74, 6) is -2.97. The quantitative estimate of drug-likeness (QED) is 0.450. The summed E-state index contributed by atoms with van der Waals surface area (Å²) in [5, 5.41) is 52.8. The van der Waals surface area contributed by atoms with E-state index in [1.807, 2.05) is 0 Å². The van der Waals surface area contributed by atoms with Crippen LogP contribution in [0.2, 0.25) is 0 Å². The first-order valence-electron chi connectivity index (χ1n) is 7.10. The van der Waals surface area contributed by atoms with Crippen LogP contribution in [0.5, 0.6) is 17.2 Å². The fraction of sp³-hybridized carbons (Fsp3) is 0.400. The van der Waals surface area contributed by atoms with Crippen LogP contribution in [0, 0.1) is 6.92 Å². The minimum absolute atomic E-state index is 0.0518. The highest BCUT2D eigenvalue weighted by Gasteiger charge is 2.54. The smallest absolute Gasteiger partial charge is 0.270 e. The Bertz CT molecular complexity index is 791. The van der Waals surface area contributed by atoms with Crippen LogP contribution in [0.3, 0.4) is 0 Å². The second-order valence-corrected chi connectivity index (χ2v) is 5.95. The molecule has 1 aliphatic rings. The first kappa shape index (κ1) is 15.4. The van der Waals surface area contributed by atoms with Crippen molar-refractivity contribution in [1.82, 2.24) is 9.78 Å². The van der Waals surface area contributed by atoms with E-state index < -0.39 is 35.5 Å².